The molecule has 2 aliphatic heterocycles. The number of hydrogen-bond donors (Lipinski definition) is 1. The van der Waals surface area contributed by atoms with Crippen molar-refractivity contribution in [2.45, 2.75) is 62.3 Å². The number of nitrogens with zero attached hydrogens (tertiary/aromatic N) is 3. The third-order valence-electron chi connectivity index (χ3n) is 7.74. The number of sulfonamides is 1. The van der Waals surface area contributed by atoms with Crippen LogP contribution in [0.4, 0.5) is 13.2 Å². The average molecular weight is 633 g/mol. The summed E-state index contributed by atoms with van der Waals surface area (Å²) < 4.78 is 73.8. The van der Waals surface area contributed by atoms with Crippen molar-refractivity contribution in [3.63, 3.8) is 0 Å². The molecule has 0 fully saturated rings. The lowest BCUT2D eigenvalue weighted by atomic mass is 9.80. The van der Waals surface area contributed by atoms with Crippen molar-refractivity contribution in [3.05, 3.63) is 76.4 Å². The Morgan fingerprint density at radius 1 is 1.16 bits per heavy atom. The summed E-state index contributed by atoms with van der Waals surface area (Å²) in [5.41, 5.74) is 6.11. The number of halogens is 3. The molecule has 44 heavy (non-hydrogen) atoms. The van der Waals surface area contributed by atoms with Gasteiger partial charge in [-0.3, -0.25) is 9.59 Å². The fourth-order valence-electron chi connectivity index (χ4n) is 5.59. The van der Waals surface area contributed by atoms with Gasteiger partial charge in [0.25, 0.3) is 0 Å². The number of esters is 1. The minimum absolute atomic E-state index is 0.0796. The number of ether oxygens (including phenoxy) is 1. The normalized spacial score (nSPS) is 19.8. The highest BCUT2D eigenvalue weighted by Gasteiger charge is 2.58. The summed E-state index contributed by atoms with van der Waals surface area (Å²) in [4.78, 5) is 40.0. The Morgan fingerprint density at radius 3 is 2.55 bits per heavy atom. The fourth-order valence-corrected chi connectivity index (χ4v) is 7.29. The third-order valence-corrected chi connectivity index (χ3v) is 9.63. The second-order valence-electron chi connectivity index (χ2n) is 10.7. The largest absolute Gasteiger partial charge is 0.471 e. The molecule has 2 aromatic carbocycles. The van der Waals surface area contributed by atoms with Crippen molar-refractivity contribution in [1.29, 1.82) is 5.26 Å². The first kappa shape index (κ1) is 32.8. The van der Waals surface area contributed by atoms with E-state index in [-0.39, 0.29) is 49.4 Å². The summed E-state index contributed by atoms with van der Waals surface area (Å²) in [6.45, 7) is 1.94. The first-order valence-corrected chi connectivity index (χ1v) is 15.2. The van der Waals surface area contributed by atoms with Gasteiger partial charge in [-0.15, -0.1) is 0 Å². The van der Waals surface area contributed by atoms with Crippen molar-refractivity contribution in [2.75, 3.05) is 19.7 Å². The number of carbonyl (C=O) groups excluding carboxylic acids is 3. The number of nitrogens with two attached hydrogens (primary N) is 1. The highest BCUT2D eigenvalue weighted by molar-refractivity contribution is 7.89. The Labute approximate surface area is 252 Å². The number of benzene rings is 2. The van der Waals surface area contributed by atoms with E-state index in [0.29, 0.717) is 27.2 Å². The predicted molar refractivity (Wildman–Crippen MR) is 151 cm³/mol. The first-order chi connectivity index (χ1) is 20.6. The number of nitriles is 1. The fraction of sp³-hybridized carbons (Fsp3) is 0.400. The number of amides is 1. The molecule has 4 rings (SSSR count). The summed E-state index contributed by atoms with van der Waals surface area (Å²) in [7, 11) is -4.68. The first-order valence-electron chi connectivity index (χ1n) is 13.8. The number of alkyl halides is 3. The molecule has 0 radical (unpaired) electrons. The van der Waals surface area contributed by atoms with E-state index in [2.05, 4.69) is 0 Å². The van der Waals surface area contributed by atoms with Crippen molar-refractivity contribution < 1.29 is 40.7 Å². The average Bonchev–Trinajstić information content (AvgIpc) is 2.99. The highest BCUT2D eigenvalue weighted by Crippen LogP contribution is 2.38. The molecule has 0 spiro atoms. The number of carbonyl (C=O) groups is 3. The summed E-state index contributed by atoms with van der Waals surface area (Å²) in [6, 6.07) is 10.8. The van der Waals surface area contributed by atoms with Gasteiger partial charge >= 0.3 is 18.1 Å². The van der Waals surface area contributed by atoms with Gasteiger partial charge in [0.15, 0.2) is 11.3 Å². The molecule has 2 aromatic rings. The molecule has 0 saturated heterocycles. The second-order valence-corrected chi connectivity index (χ2v) is 12.6. The van der Waals surface area contributed by atoms with Crippen LogP contribution >= 0.6 is 0 Å². The van der Waals surface area contributed by atoms with Gasteiger partial charge in [0.2, 0.25) is 10.0 Å². The van der Waals surface area contributed by atoms with Crippen LogP contribution in [-0.4, -0.2) is 72.7 Å². The van der Waals surface area contributed by atoms with E-state index in [1.54, 1.807) is 31.2 Å². The van der Waals surface area contributed by atoms with Crippen LogP contribution in [0.5, 0.6) is 0 Å². The van der Waals surface area contributed by atoms with E-state index in [9.17, 15) is 41.2 Å². The lowest BCUT2D eigenvalue weighted by Crippen LogP contribution is -2.67. The number of ketones is 1. The Kier molecular flexibility index (Phi) is 9.34. The van der Waals surface area contributed by atoms with Crippen molar-refractivity contribution in [2.24, 2.45) is 5.73 Å². The molecular formula is C30H31F3N4O6S. The molecule has 0 unspecified atom stereocenters. The quantitative estimate of drug-likeness (QED) is 0.265. The molecule has 0 aromatic heterocycles. The van der Waals surface area contributed by atoms with Gasteiger partial charge in [-0.25, -0.2) is 13.2 Å². The lowest BCUT2D eigenvalue weighted by Gasteiger charge is -2.43. The Morgan fingerprint density at radius 2 is 1.89 bits per heavy atom. The summed E-state index contributed by atoms with van der Waals surface area (Å²) in [6.07, 6.45) is -3.90. The minimum Gasteiger partial charge on any atom is -0.464 e. The summed E-state index contributed by atoms with van der Waals surface area (Å²) in [5.74, 6) is -4.05. The Hall–Kier alpha value is -4.06. The minimum atomic E-state index is -5.09. The molecule has 234 valence electrons. The van der Waals surface area contributed by atoms with Crippen molar-refractivity contribution in [1.82, 2.24) is 9.21 Å². The van der Waals surface area contributed by atoms with Gasteiger partial charge in [0.1, 0.15) is 0 Å². The highest BCUT2D eigenvalue weighted by atomic mass is 32.2. The molecule has 0 aliphatic carbocycles. The molecular weight excluding hydrogens is 601 g/mol. The Balaban J connectivity index is 1.77. The standard InChI is InChI=1S/C30H31F3N4O6S/c1-3-43-28(40)29(26(38)25(35)14-20-5-4-6-21(13-20)17-34)16-19(2)9-12-37(29)44(41,42)24-8-7-22-10-11-36(18-23(22)15-24)27(39)30(31,32)33/h4-9,13,15,25H,3,10-12,14,16,18,35H2,1-2H3/t25-,29+/m1/s1. The van der Waals surface area contributed by atoms with Gasteiger partial charge < -0.3 is 15.4 Å². The van der Waals surface area contributed by atoms with E-state index in [1.807, 2.05) is 6.07 Å². The number of fused-ring (bicyclic) bond motifs is 1. The predicted octanol–water partition coefficient (Wildman–Crippen LogP) is 2.79. The Bertz CT molecular complexity index is 1670. The summed E-state index contributed by atoms with van der Waals surface area (Å²) >= 11 is 0. The maximum absolute atomic E-state index is 14.2. The smallest absolute Gasteiger partial charge is 0.464 e. The van der Waals surface area contributed by atoms with Crippen LogP contribution in [0.1, 0.15) is 42.5 Å². The molecule has 0 bridgehead atoms. The maximum Gasteiger partial charge on any atom is 0.471 e. The molecule has 2 atom stereocenters. The van der Waals surface area contributed by atoms with E-state index in [4.69, 9.17) is 10.5 Å². The number of Topliss-reactive ketones (excluding diaryl/α,β-unsaturated/α-hetero) is 1. The zero-order chi connectivity index (χ0) is 32.4. The summed E-state index contributed by atoms with van der Waals surface area (Å²) in [5, 5.41) is 9.24. The molecule has 1 amide bonds. The zero-order valence-corrected chi connectivity index (χ0v) is 24.9. The number of rotatable bonds is 8. The SMILES string of the molecule is CCOC(=O)[C@@]1(C(=O)[C@H](N)Cc2cccc(C#N)c2)CC(C)=CCN1S(=O)(=O)c1ccc2c(c1)CN(C(=O)C(F)(F)F)CC2. The van der Waals surface area contributed by atoms with Crippen LogP contribution in [0, 0.1) is 11.3 Å². The topological polar surface area (TPSA) is 151 Å². The number of hydrogen-bond acceptors (Lipinski definition) is 8. The van der Waals surface area contributed by atoms with Crippen LogP contribution in [-0.2, 0) is 48.5 Å². The van der Waals surface area contributed by atoms with Gasteiger partial charge in [0, 0.05) is 26.1 Å². The molecule has 2 N–H and O–H groups in total. The van der Waals surface area contributed by atoms with Crippen LogP contribution in [0.15, 0.2) is 59.0 Å². The van der Waals surface area contributed by atoms with Crippen LogP contribution in [0.2, 0.25) is 0 Å². The third kappa shape index (κ3) is 6.26. The van der Waals surface area contributed by atoms with Gasteiger partial charge in [-0.1, -0.05) is 29.8 Å². The van der Waals surface area contributed by atoms with Crippen LogP contribution in [0.25, 0.3) is 0 Å². The lowest BCUT2D eigenvalue weighted by molar-refractivity contribution is -0.186. The van der Waals surface area contributed by atoms with Gasteiger partial charge in [-0.05, 0) is 67.6 Å². The molecule has 2 aliphatic rings. The second kappa shape index (κ2) is 12.5. The van der Waals surface area contributed by atoms with E-state index < -0.39 is 52.0 Å². The van der Waals surface area contributed by atoms with Gasteiger partial charge in [0.05, 0.1) is 29.2 Å². The molecule has 14 heteroatoms. The van der Waals surface area contributed by atoms with Gasteiger partial charge in [-0.2, -0.15) is 22.7 Å². The molecule has 2 heterocycles. The van der Waals surface area contributed by atoms with E-state index in [1.165, 1.54) is 31.2 Å². The maximum atomic E-state index is 14.2. The van der Waals surface area contributed by atoms with Crippen molar-refractivity contribution >= 4 is 27.7 Å². The van der Waals surface area contributed by atoms with Crippen molar-refractivity contribution in [3.8, 4) is 6.07 Å². The van der Waals surface area contributed by atoms with Crippen LogP contribution in [0.3, 0.4) is 0 Å². The molecule has 10 nitrogen and oxygen atoms in total. The van der Waals surface area contributed by atoms with E-state index in [0.717, 1.165) is 4.31 Å². The van der Waals surface area contributed by atoms with E-state index >= 15 is 0 Å². The van der Waals surface area contributed by atoms with Crippen LogP contribution < -0.4 is 5.73 Å². The molecule has 0 saturated carbocycles. The monoisotopic (exact) mass is 632 g/mol. The zero-order valence-electron chi connectivity index (χ0n) is 24.1.